The highest BCUT2D eigenvalue weighted by Crippen LogP contribution is 2.20. The number of hydrogen-bond donors (Lipinski definition) is 1. The van der Waals surface area contributed by atoms with Gasteiger partial charge in [-0.2, -0.15) is 0 Å². The number of hydrogen-bond acceptors (Lipinski definition) is 3. The van der Waals surface area contributed by atoms with Gasteiger partial charge in [0.2, 0.25) is 0 Å². The molecule has 1 unspecified atom stereocenters. The average Bonchev–Trinajstić information content (AvgIpc) is 2.66. The molecule has 0 saturated heterocycles. The predicted molar refractivity (Wildman–Crippen MR) is 56.1 cm³/mol. The zero-order valence-electron chi connectivity index (χ0n) is 9.21. The molecule has 1 rings (SSSR count). The standard InChI is InChI=1S/C11H21NO2/c1-3-9(2)12-8-11(13)14-10-6-4-5-7-10/h9-10,12H,3-8H2,1-2H3. The molecule has 82 valence electrons. The summed E-state index contributed by atoms with van der Waals surface area (Å²) in [5.41, 5.74) is 0. The zero-order chi connectivity index (χ0) is 10.4. The van der Waals surface area contributed by atoms with E-state index in [4.69, 9.17) is 4.74 Å². The lowest BCUT2D eigenvalue weighted by Crippen LogP contribution is -2.33. The molecule has 0 heterocycles. The highest BCUT2D eigenvalue weighted by atomic mass is 16.5. The fourth-order valence-electron chi connectivity index (χ4n) is 1.64. The molecule has 3 nitrogen and oxygen atoms in total. The van der Waals surface area contributed by atoms with Crippen LogP contribution in [0.1, 0.15) is 46.0 Å². The Balaban J connectivity index is 2.09. The molecule has 1 aliphatic rings. The predicted octanol–water partition coefficient (Wildman–Crippen LogP) is 1.86. The maximum absolute atomic E-state index is 11.3. The number of esters is 1. The lowest BCUT2D eigenvalue weighted by atomic mass is 10.2. The largest absolute Gasteiger partial charge is 0.461 e. The van der Waals surface area contributed by atoms with Crippen molar-refractivity contribution in [2.45, 2.75) is 58.1 Å². The Hall–Kier alpha value is -0.570. The average molecular weight is 199 g/mol. The molecule has 0 aromatic carbocycles. The van der Waals surface area contributed by atoms with Crippen LogP contribution in [0.5, 0.6) is 0 Å². The van der Waals surface area contributed by atoms with E-state index in [2.05, 4.69) is 19.2 Å². The van der Waals surface area contributed by atoms with Gasteiger partial charge in [-0.25, -0.2) is 0 Å². The van der Waals surface area contributed by atoms with Gasteiger partial charge in [-0.05, 0) is 39.0 Å². The molecule has 0 radical (unpaired) electrons. The summed E-state index contributed by atoms with van der Waals surface area (Å²) in [5, 5.41) is 3.13. The molecule has 14 heavy (non-hydrogen) atoms. The van der Waals surface area contributed by atoms with Crippen molar-refractivity contribution in [2.75, 3.05) is 6.54 Å². The van der Waals surface area contributed by atoms with E-state index in [1.807, 2.05) is 0 Å². The summed E-state index contributed by atoms with van der Waals surface area (Å²) in [7, 11) is 0. The number of ether oxygens (including phenoxy) is 1. The van der Waals surface area contributed by atoms with E-state index >= 15 is 0 Å². The number of carbonyl (C=O) groups excluding carboxylic acids is 1. The van der Waals surface area contributed by atoms with E-state index in [-0.39, 0.29) is 12.1 Å². The van der Waals surface area contributed by atoms with Gasteiger partial charge in [-0.15, -0.1) is 0 Å². The van der Waals surface area contributed by atoms with Crippen molar-refractivity contribution >= 4 is 5.97 Å². The second kappa shape index (κ2) is 6.02. The molecular weight excluding hydrogens is 178 g/mol. The minimum atomic E-state index is -0.0998. The number of carbonyl (C=O) groups is 1. The minimum absolute atomic E-state index is 0.0998. The lowest BCUT2D eigenvalue weighted by molar-refractivity contribution is -0.147. The quantitative estimate of drug-likeness (QED) is 0.687. The van der Waals surface area contributed by atoms with Gasteiger partial charge in [0.1, 0.15) is 6.10 Å². The van der Waals surface area contributed by atoms with Crippen molar-refractivity contribution < 1.29 is 9.53 Å². The third-order valence-electron chi connectivity index (χ3n) is 2.81. The fourth-order valence-corrected chi connectivity index (χ4v) is 1.64. The second-order valence-corrected chi connectivity index (χ2v) is 4.09. The van der Waals surface area contributed by atoms with Crippen LogP contribution < -0.4 is 5.32 Å². The molecule has 1 fully saturated rings. The first-order chi connectivity index (χ1) is 6.72. The van der Waals surface area contributed by atoms with Crippen LogP contribution in [0.25, 0.3) is 0 Å². The molecule has 1 atom stereocenters. The van der Waals surface area contributed by atoms with Gasteiger partial charge < -0.3 is 10.1 Å². The lowest BCUT2D eigenvalue weighted by Gasteiger charge is -2.14. The van der Waals surface area contributed by atoms with Crippen LogP contribution >= 0.6 is 0 Å². The van der Waals surface area contributed by atoms with Gasteiger partial charge >= 0.3 is 5.97 Å². The van der Waals surface area contributed by atoms with E-state index in [0.29, 0.717) is 12.6 Å². The van der Waals surface area contributed by atoms with Gasteiger partial charge in [0.05, 0.1) is 6.54 Å². The van der Waals surface area contributed by atoms with Crippen LogP contribution in [0.15, 0.2) is 0 Å². The SMILES string of the molecule is CCC(C)NCC(=O)OC1CCCC1. The zero-order valence-corrected chi connectivity index (χ0v) is 9.21. The summed E-state index contributed by atoms with van der Waals surface area (Å²) in [5.74, 6) is -0.0998. The molecule has 1 aliphatic carbocycles. The Labute approximate surface area is 86.2 Å². The molecule has 1 N–H and O–H groups in total. The van der Waals surface area contributed by atoms with Gasteiger partial charge in [-0.1, -0.05) is 6.92 Å². The van der Waals surface area contributed by atoms with Gasteiger partial charge in [0.15, 0.2) is 0 Å². The third kappa shape index (κ3) is 4.09. The van der Waals surface area contributed by atoms with Crippen molar-refractivity contribution in [3.8, 4) is 0 Å². The van der Waals surface area contributed by atoms with Crippen LogP contribution in [-0.4, -0.2) is 24.7 Å². The maximum Gasteiger partial charge on any atom is 0.320 e. The first-order valence-electron chi connectivity index (χ1n) is 5.65. The van der Waals surface area contributed by atoms with E-state index in [0.717, 1.165) is 19.3 Å². The fraction of sp³-hybridized carbons (Fsp3) is 0.909. The van der Waals surface area contributed by atoms with Crippen LogP contribution in [0, 0.1) is 0 Å². The Morgan fingerprint density at radius 3 is 2.71 bits per heavy atom. The monoisotopic (exact) mass is 199 g/mol. The maximum atomic E-state index is 11.3. The smallest absolute Gasteiger partial charge is 0.320 e. The topological polar surface area (TPSA) is 38.3 Å². The van der Waals surface area contributed by atoms with Crippen molar-refractivity contribution in [1.82, 2.24) is 5.32 Å². The third-order valence-corrected chi connectivity index (χ3v) is 2.81. The van der Waals surface area contributed by atoms with Crippen molar-refractivity contribution in [2.24, 2.45) is 0 Å². The molecule has 0 bridgehead atoms. The molecule has 0 aromatic heterocycles. The first-order valence-corrected chi connectivity index (χ1v) is 5.65. The highest BCUT2D eigenvalue weighted by Gasteiger charge is 2.18. The van der Waals surface area contributed by atoms with Gasteiger partial charge in [0.25, 0.3) is 0 Å². The number of nitrogens with one attached hydrogen (secondary N) is 1. The summed E-state index contributed by atoms with van der Waals surface area (Å²) >= 11 is 0. The van der Waals surface area contributed by atoms with E-state index in [9.17, 15) is 4.79 Å². The summed E-state index contributed by atoms with van der Waals surface area (Å²) < 4.78 is 5.30. The molecular formula is C11H21NO2. The van der Waals surface area contributed by atoms with Crippen LogP contribution in [0.4, 0.5) is 0 Å². The molecule has 0 amide bonds. The molecule has 3 heteroatoms. The molecule has 1 saturated carbocycles. The second-order valence-electron chi connectivity index (χ2n) is 4.09. The Kier molecular flexibility index (Phi) is 4.94. The van der Waals surface area contributed by atoms with Crippen LogP contribution in [-0.2, 0) is 9.53 Å². The molecule has 0 aliphatic heterocycles. The van der Waals surface area contributed by atoms with E-state index in [1.165, 1.54) is 12.8 Å². The Morgan fingerprint density at radius 2 is 2.14 bits per heavy atom. The molecule has 0 aromatic rings. The Morgan fingerprint density at radius 1 is 1.50 bits per heavy atom. The Bertz CT molecular complexity index is 176. The minimum Gasteiger partial charge on any atom is -0.461 e. The highest BCUT2D eigenvalue weighted by molar-refractivity contribution is 5.71. The normalized spacial score (nSPS) is 19.6. The van der Waals surface area contributed by atoms with E-state index in [1.54, 1.807) is 0 Å². The first kappa shape index (κ1) is 11.5. The van der Waals surface area contributed by atoms with Crippen LogP contribution in [0.3, 0.4) is 0 Å². The summed E-state index contributed by atoms with van der Waals surface area (Å²) in [4.78, 5) is 11.3. The van der Waals surface area contributed by atoms with E-state index < -0.39 is 0 Å². The summed E-state index contributed by atoms with van der Waals surface area (Å²) in [6, 6.07) is 0.395. The summed E-state index contributed by atoms with van der Waals surface area (Å²) in [6.07, 6.45) is 5.75. The molecule has 0 spiro atoms. The van der Waals surface area contributed by atoms with Crippen LogP contribution in [0.2, 0.25) is 0 Å². The van der Waals surface area contributed by atoms with Gasteiger partial charge in [0, 0.05) is 6.04 Å². The summed E-state index contributed by atoms with van der Waals surface area (Å²) in [6.45, 7) is 4.52. The van der Waals surface area contributed by atoms with Crippen molar-refractivity contribution in [3.05, 3.63) is 0 Å². The van der Waals surface area contributed by atoms with Gasteiger partial charge in [-0.3, -0.25) is 4.79 Å². The number of rotatable bonds is 5. The van der Waals surface area contributed by atoms with Crippen molar-refractivity contribution in [3.63, 3.8) is 0 Å². The van der Waals surface area contributed by atoms with Crippen molar-refractivity contribution in [1.29, 1.82) is 0 Å².